The fourth-order valence-electron chi connectivity index (χ4n) is 5.94. The van der Waals surface area contributed by atoms with Gasteiger partial charge in [-0.25, -0.2) is 0 Å². The molecule has 3 aromatic carbocycles. The number of ether oxygens (including phenoxy) is 1. The number of nitrogens with zero attached hydrogens (tertiary/aromatic N) is 3. The Hall–Kier alpha value is -2.40. The number of fused-ring (bicyclic) bond motifs is 2. The molecule has 0 saturated carbocycles. The second-order valence-electron chi connectivity index (χ2n) is 9.94. The first kappa shape index (κ1) is 26.7. The third-order valence-corrected chi connectivity index (χ3v) is 7.78. The van der Waals surface area contributed by atoms with Crippen molar-refractivity contribution in [2.45, 2.75) is 44.8 Å². The van der Waals surface area contributed by atoms with Crippen LogP contribution < -0.4 is 14.5 Å². The van der Waals surface area contributed by atoms with Crippen molar-refractivity contribution in [1.82, 2.24) is 4.90 Å². The van der Waals surface area contributed by atoms with Crippen molar-refractivity contribution in [3.05, 3.63) is 83.9 Å². The van der Waals surface area contributed by atoms with E-state index in [0.717, 1.165) is 25.3 Å². The van der Waals surface area contributed by atoms with Crippen molar-refractivity contribution in [3.8, 4) is 5.75 Å². The monoisotopic (exact) mass is 525 g/mol. The number of anilines is 3. The minimum Gasteiger partial charge on any atom is -0.487 e. The van der Waals surface area contributed by atoms with Crippen LogP contribution in [0.1, 0.15) is 36.8 Å². The summed E-state index contributed by atoms with van der Waals surface area (Å²) in [5.41, 5.74) is 6.62. The largest absolute Gasteiger partial charge is 0.487 e. The summed E-state index contributed by atoms with van der Waals surface area (Å²) in [5, 5.41) is 0. The summed E-state index contributed by atoms with van der Waals surface area (Å²) in [6.07, 6.45) is 6.32. The Morgan fingerprint density at radius 1 is 0.778 bits per heavy atom. The highest BCUT2D eigenvalue weighted by Gasteiger charge is 2.29. The van der Waals surface area contributed by atoms with Gasteiger partial charge in [0.05, 0.1) is 5.69 Å². The SMILES string of the molecule is Cl.Cl.c1cc(CCN2CCCC2CN2c3ccccc3COc3ccccc32)cc(N2CCCC2)c1. The third-order valence-electron chi connectivity index (χ3n) is 7.78. The van der Waals surface area contributed by atoms with E-state index in [1.165, 1.54) is 73.5 Å². The molecule has 0 bridgehead atoms. The van der Waals surface area contributed by atoms with E-state index >= 15 is 0 Å². The lowest BCUT2D eigenvalue weighted by atomic mass is 10.1. The number of benzene rings is 3. The van der Waals surface area contributed by atoms with Crippen LogP contribution in [0.15, 0.2) is 72.8 Å². The first-order chi connectivity index (χ1) is 16.8. The lowest BCUT2D eigenvalue weighted by Crippen LogP contribution is -2.39. The van der Waals surface area contributed by atoms with Gasteiger partial charge in [-0.1, -0.05) is 42.5 Å². The Balaban J connectivity index is 0.00000152. The maximum atomic E-state index is 6.20. The van der Waals surface area contributed by atoms with Crippen molar-refractivity contribution < 1.29 is 4.74 Å². The number of likely N-dealkylation sites (tertiary alicyclic amines) is 1. The van der Waals surface area contributed by atoms with Gasteiger partial charge in [0.2, 0.25) is 0 Å². The molecule has 36 heavy (non-hydrogen) atoms. The topological polar surface area (TPSA) is 19.0 Å². The van der Waals surface area contributed by atoms with Gasteiger partial charge >= 0.3 is 0 Å². The molecule has 0 N–H and O–H groups in total. The maximum absolute atomic E-state index is 6.20. The van der Waals surface area contributed by atoms with Crippen molar-refractivity contribution in [2.75, 3.05) is 42.5 Å². The smallest absolute Gasteiger partial charge is 0.143 e. The molecule has 6 rings (SSSR count). The average molecular weight is 527 g/mol. The molecule has 0 amide bonds. The van der Waals surface area contributed by atoms with Gasteiger partial charge in [0.1, 0.15) is 12.4 Å². The standard InChI is InChI=1S/C30H35N3O.2ClH/c1-2-13-28-25(10-1)23-34-30-15-4-3-14-29(30)33(28)22-27-12-8-19-32(27)20-16-24-9-7-11-26(21-24)31-17-5-6-18-31;;/h1-4,7,9-11,13-15,21,27H,5-6,8,12,16-20,22-23H2;2*1H. The lowest BCUT2D eigenvalue weighted by molar-refractivity contribution is 0.261. The van der Waals surface area contributed by atoms with Gasteiger partial charge in [0.25, 0.3) is 0 Å². The molecule has 2 saturated heterocycles. The summed E-state index contributed by atoms with van der Waals surface area (Å²) < 4.78 is 6.20. The van der Waals surface area contributed by atoms with Crippen LogP contribution in [-0.2, 0) is 13.0 Å². The predicted octanol–water partition coefficient (Wildman–Crippen LogP) is 6.87. The molecule has 3 heterocycles. The zero-order valence-corrected chi connectivity index (χ0v) is 22.5. The molecular weight excluding hydrogens is 489 g/mol. The second-order valence-corrected chi connectivity index (χ2v) is 9.94. The number of hydrogen-bond donors (Lipinski definition) is 0. The summed E-state index contributed by atoms with van der Waals surface area (Å²) in [7, 11) is 0. The number of para-hydroxylation sites is 3. The molecule has 4 nitrogen and oxygen atoms in total. The van der Waals surface area contributed by atoms with Crippen LogP contribution in [0.25, 0.3) is 0 Å². The van der Waals surface area contributed by atoms with Crippen LogP contribution in [-0.4, -0.2) is 43.7 Å². The van der Waals surface area contributed by atoms with Crippen LogP contribution >= 0.6 is 24.8 Å². The summed E-state index contributed by atoms with van der Waals surface area (Å²) in [6.45, 7) is 6.38. The molecule has 2 fully saturated rings. The van der Waals surface area contributed by atoms with Gasteiger partial charge in [-0.15, -0.1) is 24.8 Å². The number of rotatable bonds is 6. The summed E-state index contributed by atoms with van der Waals surface area (Å²) >= 11 is 0. The highest BCUT2D eigenvalue weighted by molar-refractivity contribution is 5.85. The van der Waals surface area contributed by atoms with Crippen molar-refractivity contribution in [3.63, 3.8) is 0 Å². The first-order valence-corrected chi connectivity index (χ1v) is 13.0. The van der Waals surface area contributed by atoms with Gasteiger partial charge in [0, 0.05) is 49.2 Å². The van der Waals surface area contributed by atoms with Crippen LogP contribution in [0, 0.1) is 0 Å². The molecule has 0 aliphatic carbocycles. The van der Waals surface area contributed by atoms with Gasteiger partial charge in [-0.2, -0.15) is 0 Å². The van der Waals surface area contributed by atoms with Crippen LogP contribution in [0.3, 0.4) is 0 Å². The van der Waals surface area contributed by atoms with Crippen LogP contribution in [0.5, 0.6) is 5.75 Å². The van der Waals surface area contributed by atoms with Crippen molar-refractivity contribution >= 4 is 41.9 Å². The molecule has 0 radical (unpaired) electrons. The zero-order valence-electron chi connectivity index (χ0n) is 20.9. The molecular formula is C30H37Cl2N3O. The molecule has 3 aliphatic heterocycles. The molecule has 1 unspecified atom stereocenters. The van der Waals surface area contributed by atoms with Gasteiger partial charge < -0.3 is 14.5 Å². The fraction of sp³-hybridized carbons (Fsp3) is 0.400. The average Bonchev–Trinajstić information content (AvgIpc) is 3.55. The Morgan fingerprint density at radius 3 is 2.42 bits per heavy atom. The molecule has 0 spiro atoms. The Labute approximate surface area is 228 Å². The van der Waals surface area contributed by atoms with Gasteiger partial charge in [0.15, 0.2) is 0 Å². The Kier molecular flexibility index (Phi) is 9.05. The Bertz CT molecular complexity index is 1090. The van der Waals surface area contributed by atoms with Crippen LogP contribution in [0.2, 0.25) is 0 Å². The third kappa shape index (κ3) is 5.61. The molecule has 1 atom stereocenters. The normalized spacial score (nSPS) is 18.9. The molecule has 3 aliphatic rings. The van der Waals surface area contributed by atoms with E-state index in [0.29, 0.717) is 12.6 Å². The summed E-state index contributed by atoms with van der Waals surface area (Å²) in [4.78, 5) is 7.77. The fourth-order valence-corrected chi connectivity index (χ4v) is 5.94. The van der Waals surface area contributed by atoms with E-state index in [-0.39, 0.29) is 24.8 Å². The first-order valence-electron chi connectivity index (χ1n) is 13.0. The van der Waals surface area contributed by atoms with E-state index in [1.54, 1.807) is 0 Å². The summed E-state index contributed by atoms with van der Waals surface area (Å²) in [6, 6.07) is 27.1. The highest BCUT2D eigenvalue weighted by Crippen LogP contribution is 2.40. The van der Waals surface area contributed by atoms with E-state index < -0.39 is 0 Å². The van der Waals surface area contributed by atoms with E-state index in [2.05, 4.69) is 87.5 Å². The lowest BCUT2D eigenvalue weighted by Gasteiger charge is -2.32. The van der Waals surface area contributed by atoms with E-state index in [1.807, 2.05) is 0 Å². The van der Waals surface area contributed by atoms with E-state index in [4.69, 9.17) is 4.74 Å². The number of hydrogen-bond acceptors (Lipinski definition) is 4. The van der Waals surface area contributed by atoms with Gasteiger partial charge in [-0.05, 0) is 74.5 Å². The van der Waals surface area contributed by atoms with Crippen molar-refractivity contribution in [2.24, 2.45) is 0 Å². The minimum absolute atomic E-state index is 0. The van der Waals surface area contributed by atoms with Crippen molar-refractivity contribution in [1.29, 1.82) is 0 Å². The second kappa shape index (κ2) is 12.2. The number of halogens is 2. The maximum Gasteiger partial charge on any atom is 0.143 e. The molecule has 0 aromatic heterocycles. The molecule has 192 valence electrons. The Morgan fingerprint density at radius 2 is 1.56 bits per heavy atom. The quantitative estimate of drug-likeness (QED) is 0.349. The molecule has 6 heteroatoms. The highest BCUT2D eigenvalue weighted by atomic mass is 35.5. The van der Waals surface area contributed by atoms with Crippen LogP contribution in [0.4, 0.5) is 17.1 Å². The van der Waals surface area contributed by atoms with E-state index in [9.17, 15) is 0 Å². The predicted molar refractivity (Wildman–Crippen MR) is 155 cm³/mol. The zero-order chi connectivity index (χ0) is 22.7. The van der Waals surface area contributed by atoms with Gasteiger partial charge in [-0.3, -0.25) is 4.90 Å². The minimum atomic E-state index is 0. The summed E-state index contributed by atoms with van der Waals surface area (Å²) in [5.74, 6) is 0.988. The molecule has 3 aromatic rings.